The van der Waals surface area contributed by atoms with Crippen LogP contribution in [0.25, 0.3) is 0 Å². The SMILES string of the molecule is NNC(Cc1cccnc1)C1CCOc2ccccc21. The standard InChI is InChI=1S/C16H19N3O/c17-19-15(10-12-4-3-8-18-11-12)13-7-9-20-16-6-2-1-5-14(13)16/h1-6,8,11,13,15,19H,7,9-10,17H2. The molecule has 0 saturated carbocycles. The summed E-state index contributed by atoms with van der Waals surface area (Å²) in [4.78, 5) is 4.17. The third kappa shape index (κ3) is 2.66. The smallest absolute Gasteiger partial charge is 0.122 e. The first-order valence-corrected chi connectivity index (χ1v) is 6.95. The Labute approximate surface area is 119 Å². The topological polar surface area (TPSA) is 60.2 Å². The van der Waals surface area contributed by atoms with E-state index in [1.165, 1.54) is 11.1 Å². The van der Waals surface area contributed by atoms with Crippen molar-refractivity contribution in [3.8, 4) is 5.75 Å². The minimum absolute atomic E-state index is 0.184. The van der Waals surface area contributed by atoms with Crippen LogP contribution >= 0.6 is 0 Å². The van der Waals surface area contributed by atoms with Crippen LogP contribution in [-0.2, 0) is 6.42 Å². The quantitative estimate of drug-likeness (QED) is 0.658. The molecule has 4 heteroatoms. The summed E-state index contributed by atoms with van der Waals surface area (Å²) in [5.74, 6) is 7.14. The van der Waals surface area contributed by atoms with Gasteiger partial charge in [0.05, 0.1) is 6.61 Å². The summed E-state index contributed by atoms with van der Waals surface area (Å²) in [6, 6.07) is 12.4. The molecule has 2 atom stereocenters. The molecule has 1 aromatic carbocycles. The second kappa shape index (κ2) is 6.03. The van der Waals surface area contributed by atoms with Crippen molar-refractivity contribution in [1.82, 2.24) is 10.4 Å². The molecular formula is C16H19N3O. The molecule has 1 aliphatic heterocycles. The van der Waals surface area contributed by atoms with E-state index < -0.39 is 0 Å². The lowest BCUT2D eigenvalue weighted by molar-refractivity contribution is 0.245. The van der Waals surface area contributed by atoms with Gasteiger partial charge in [-0.15, -0.1) is 0 Å². The zero-order chi connectivity index (χ0) is 13.8. The van der Waals surface area contributed by atoms with Gasteiger partial charge in [0.15, 0.2) is 0 Å². The van der Waals surface area contributed by atoms with E-state index in [-0.39, 0.29) is 6.04 Å². The highest BCUT2D eigenvalue weighted by atomic mass is 16.5. The first-order valence-electron chi connectivity index (χ1n) is 6.95. The Kier molecular flexibility index (Phi) is 3.95. The average Bonchev–Trinajstić information content (AvgIpc) is 2.53. The Morgan fingerprint density at radius 1 is 1.30 bits per heavy atom. The fourth-order valence-corrected chi connectivity index (χ4v) is 2.88. The van der Waals surface area contributed by atoms with Gasteiger partial charge in [-0.05, 0) is 36.1 Å². The van der Waals surface area contributed by atoms with Crippen molar-refractivity contribution in [2.45, 2.75) is 24.8 Å². The molecule has 1 aliphatic rings. The van der Waals surface area contributed by atoms with Crippen molar-refractivity contribution in [1.29, 1.82) is 0 Å². The van der Waals surface area contributed by atoms with E-state index >= 15 is 0 Å². The Morgan fingerprint density at radius 2 is 2.20 bits per heavy atom. The Morgan fingerprint density at radius 3 is 3.00 bits per heavy atom. The fraction of sp³-hybridized carbons (Fsp3) is 0.312. The lowest BCUT2D eigenvalue weighted by atomic mass is 9.84. The predicted molar refractivity (Wildman–Crippen MR) is 78.3 cm³/mol. The molecule has 0 bridgehead atoms. The van der Waals surface area contributed by atoms with Crippen LogP contribution in [0.2, 0.25) is 0 Å². The number of aromatic nitrogens is 1. The Hall–Kier alpha value is -1.91. The maximum absolute atomic E-state index is 5.80. The van der Waals surface area contributed by atoms with Gasteiger partial charge >= 0.3 is 0 Å². The van der Waals surface area contributed by atoms with Crippen LogP contribution < -0.4 is 16.0 Å². The molecule has 2 aromatic rings. The zero-order valence-corrected chi connectivity index (χ0v) is 11.3. The summed E-state index contributed by atoms with van der Waals surface area (Å²) < 4.78 is 5.72. The van der Waals surface area contributed by atoms with Crippen LogP contribution in [0.3, 0.4) is 0 Å². The molecule has 0 fully saturated rings. The normalized spacial score (nSPS) is 18.9. The van der Waals surface area contributed by atoms with E-state index in [1.807, 2.05) is 24.4 Å². The van der Waals surface area contributed by atoms with Gasteiger partial charge in [-0.3, -0.25) is 16.3 Å². The molecule has 0 amide bonds. The molecule has 3 N–H and O–H groups in total. The van der Waals surface area contributed by atoms with Crippen LogP contribution in [0.15, 0.2) is 48.8 Å². The number of benzene rings is 1. The molecule has 20 heavy (non-hydrogen) atoms. The molecule has 4 nitrogen and oxygen atoms in total. The maximum atomic E-state index is 5.80. The molecule has 104 valence electrons. The summed E-state index contributed by atoms with van der Waals surface area (Å²) in [5, 5.41) is 0. The van der Waals surface area contributed by atoms with Crippen LogP contribution in [0.5, 0.6) is 5.75 Å². The van der Waals surface area contributed by atoms with Crippen LogP contribution in [-0.4, -0.2) is 17.6 Å². The van der Waals surface area contributed by atoms with Crippen molar-refractivity contribution < 1.29 is 4.74 Å². The number of rotatable bonds is 4. The Bertz CT molecular complexity index is 559. The van der Waals surface area contributed by atoms with E-state index in [4.69, 9.17) is 10.6 Å². The lowest BCUT2D eigenvalue weighted by Crippen LogP contribution is -2.42. The van der Waals surface area contributed by atoms with E-state index in [2.05, 4.69) is 28.6 Å². The van der Waals surface area contributed by atoms with Crippen molar-refractivity contribution in [3.05, 3.63) is 59.9 Å². The van der Waals surface area contributed by atoms with Crippen LogP contribution in [0.1, 0.15) is 23.5 Å². The number of hydrogen-bond acceptors (Lipinski definition) is 4. The third-order valence-electron chi connectivity index (χ3n) is 3.88. The number of nitrogens with one attached hydrogen (secondary N) is 1. The summed E-state index contributed by atoms with van der Waals surface area (Å²) >= 11 is 0. The lowest BCUT2D eigenvalue weighted by Gasteiger charge is -2.32. The largest absolute Gasteiger partial charge is 0.493 e. The zero-order valence-electron chi connectivity index (χ0n) is 11.3. The predicted octanol–water partition coefficient (Wildman–Crippen LogP) is 2.02. The summed E-state index contributed by atoms with van der Waals surface area (Å²) in [6.07, 6.45) is 5.53. The molecule has 2 heterocycles. The summed E-state index contributed by atoms with van der Waals surface area (Å²) in [5.41, 5.74) is 5.41. The number of hydrogen-bond donors (Lipinski definition) is 2. The van der Waals surface area contributed by atoms with Gasteiger partial charge in [0, 0.05) is 24.4 Å². The monoisotopic (exact) mass is 269 g/mol. The van der Waals surface area contributed by atoms with Gasteiger partial charge in [0.2, 0.25) is 0 Å². The van der Waals surface area contributed by atoms with Crippen LogP contribution in [0, 0.1) is 0 Å². The van der Waals surface area contributed by atoms with Crippen LogP contribution in [0.4, 0.5) is 0 Å². The summed E-state index contributed by atoms with van der Waals surface area (Å²) in [6.45, 7) is 0.743. The number of hydrazine groups is 1. The molecule has 0 radical (unpaired) electrons. The van der Waals surface area contributed by atoms with Gasteiger partial charge in [0.25, 0.3) is 0 Å². The second-order valence-corrected chi connectivity index (χ2v) is 5.12. The molecule has 1 aromatic heterocycles. The number of nitrogens with two attached hydrogens (primary N) is 1. The van der Waals surface area contributed by atoms with Gasteiger partial charge in [-0.25, -0.2) is 0 Å². The summed E-state index contributed by atoms with van der Waals surface area (Å²) in [7, 11) is 0. The molecule has 0 spiro atoms. The third-order valence-corrected chi connectivity index (χ3v) is 3.88. The van der Waals surface area contributed by atoms with Crippen molar-refractivity contribution in [3.63, 3.8) is 0 Å². The van der Waals surface area contributed by atoms with E-state index in [0.717, 1.165) is 25.2 Å². The number of pyridine rings is 1. The first-order chi connectivity index (χ1) is 9.88. The average molecular weight is 269 g/mol. The number of nitrogens with zero attached hydrogens (tertiary/aromatic N) is 1. The molecule has 0 aliphatic carbocycles. The van der Waals surface area contributed by atoms with Crippen molar-refractivity contribution in [2.24, 2.45) is 5.84 Å². The van der Waals surface area contributed by atoms with E-state index in [9.17, 15) is 0 Å². The van der Waals surface area contributed by atoms with Gasteiger partial charge in [-0.1, -0.05) is 24.3 Å². The molecular weight excluding hydrogens is 250 g/mol. The first kappa shape index (κ1) is 13.1. The fourth-order valence-electron chi connectivity index (χ4n) is 2.88. The number of fused-ring (bicyclic) bond motifs is 1. The number of para-hydroxylation sites is 1. The van der Waals surface area contributed by atoms with Crippen molar-refractivity contribution in [2.75, 3.05) is 6.61 Å². The maximum Gasteiger partial charge on any atom is 0.122 e. The highest BCUT2D eigenvalue weighted by Crippen LogP contribution is 2.36. The van der Waals surface area contributed by atoms with Crippen molar-refractivity contribution >= 4 is 0 Å². The molecule has 3 rings (SSSR count). The second-order valence-electron chi connectivity index (χ2n) is 5.12. The minimum atomic E-state index is 0.184. The van der Waals surface area contributed by atoms with Gasteiger partial charge < -0.3 is 4.74 Å². The molecule has 2 unspecified atom stereocenters. The highest BCUT2D eigenvalue weighted by molar-refractivity contribution is 5.39. The molecule has 0 saturated heterocycles. The Balaban J connectivity index is 1.84. The van der Waals surface area contributed by atoms with E-state index in [1.54, 1.807) is 6.20 Å². The number of ether oxygens (including phenoxy) is 1. The van der Waals surface area contributed by atoms with E-state index in [0.29, 0.717) is 5.92 Å². The highest BCUT2D eigenvalue weighted by Gasteiger charge is 2.28. The van der Waals surface area contributed by atoms with Gasteiger partial charge in [0.1, 0.15) is 5.75 Å². The minimum Gasteiger partial charge on any atom is -0.493 e. The van der Waals surface area contributed by atoms with Gasteiger partial charge in [-0.2, -0.15) is 0 Å².